The zero-order valence-electron chi connectivity index (χ0n) is 15.4. The topological polar surface area (TPSA) is 84.7 Å². The van der Waals surface area contributed by atoms with E-state index in [0.717, 1.165) is 0 Å². The molecule has 0 aliphatic heterocycles. The first-order valence-electron chi connectivity index (χ1n) is 8.40. The van der Waals surface area contributed by atoms with Gasteiger partial charge in [-0.1, -0.05) is 18.2 Å². The van der Waals surface area contributed by atoms with E-state index in [-0.39, 0.29) is 35.6 Å². The highest BCUT2D eigenvalue weighted by atomic mass is 19.1. The highest BCUT2D eigenvalue weighted by Crippen LogP contribution is 2.29. The zero-order chi connectivity index (χ0) is 20.0. The lowest BCUT2D eigenvalue weighted by Crippen LogP contribution is -2.27. The number of methoxy groups -OCH3 is 1. The van der Waals surface area contributed by atoms with E-state index in [1.165, 1.54) is 31.4 Å². The van der Waals surface area contributed by atoms with Crippen molar-refractivity contribution in [3.63, 3.8) is 0 Å². The second kappa shape index (κ2) is 9.09. The Kier molecular flexibility index (Phi) is 6.84. The highest BCUT2D eigenvalue weighted by molar-refractivity contribution is 5.92. The number of carbonyl (C=O) groups is 1. The van der Waals surface area contributed by atoms with E-state index in [0.29, 0.717) is 17.9 Å². The third-order valence-electron chi connectivity index (χ3n) is 4.38. The maximum Gasteiger partial charge on any atom is 0.271 e. The maximum absolute atomic E-state index is 13.9. The first kappa shape index (κ1) is 20.3. The summed E-state index contributed by atoms with van der Waals surface area (Å²) in [5.41, 5.74) is 0.652. The van der Waals surface area contributed by atoms with Crippen LogP contribution in [-0.4, -0.2) is 36.4 Å². The number of hydrogen-bond donors (Lipinski definition) is 1. The molecular formula is C19H22FN3O4. The number of anilines is 1. The Balaban J connectivity index is 1.99. The molecule has 144 valence electrons. The fourth-order valence-electron chi connectivity index (χ4n) is 2.64. The molecule has 0 bridgehead atoms. The molecule has 0 aliphatic carbocycles. The van der Waals surface area contributed by atoms with Gasteiger partial charge in [0.2, 0.25) is 5.91 Å². The van der Waals surface area contributed by atoms with Crippen LogP contribution in [0.2, 0.25) is 0 Å². The molecular weight excluding hydrogens is 353 g/mol. The predicted molar refractivity (Wildman–Crippen MR) is 100 cm³/mol. The zero-order valence-corrected chi connectivity index (χ0v) is 15.4. The lowest BCUT2D eigenvalue weighted by Gasteiger charge is -2.25. The number of non-ortho nitro benzene ring substituents is 1. The van der Waals surface area contributed by atoms with Crippen LogP contribution in [0.5, 0.6) is 5.75 Å². The van der Waals surface area contributed by atoms with Gasteiger partial charge in [-0.3, -0.25) is 19.8 Å². The van der Waals surface area contributed by atoms with E-state index in [4.69, 9.17) is 4.74 Å². The van der Waals surface area contributed by atoms with Crippen molar-refractivity contribution in [1.29, 1.82) is 0 Å². The minimum absolute atomic E-state index is 0.140. The van der Waals surface area contributed by atoms with Gasteiger partial charge in [0.05, 0.1) is 17.7 Å². The minimum Gasteiger partial charge on any atom is -0.495 e. The van der Waals surface area contributed by atoms with Gasteiger partial charge in [-0.25, -0.2) is 4.39 Å². The van der Waals surface area contributed by atoms with Crippen LogP contribution < -0.4 is 10.1 Å². The fraction of sp³-hybridized carbons (Fsp3) is 0.316. The monoisotopic (exact) mass is 375 g/mol. The van der Waals surface area contributed by atoms with Crippen LogP contribution in [0.3, 0.4) is 0 Å². The number of nitrogens with one attached hydrogen (secondary N) is 1. The van der Waals surface area contributed by atoms with Crippen molar-refractivity contribution in [3.8, 4) is 5.75 Å². The first-order chi connectivity index (χ1) is 12.8. The van der Waals surface area contributed by atoms with Crippen molar-refractivity contribution in [2.24, 2.45) is 0 Å². The van der Waals surface area contributed by atoms with Gasteiger partial charge in [0, 0.05) is 36.7 Å². The van der Waals surface area contributed by atoms with Gasteiger partial charge in [-0.2, -0.15) is 0 Å². The molecule has 0 fully saturated rings. The molecule has 0 aliphatic rings. The quantitative estimate of drug-likeness (QED) is 0.561. The number of nitro groups is 1. The smallest absolute Gasteiger partial charge is 0.271 e. The maximum atomic E-state index is 13.9. The normalized spacial score (nSPS) is 11.9. The third-order valence-corrected chi connectivity index (χ3v) is 4.38. The number of hydrogen-bond acceptors (Lipinski definition) is 5. The number of nitrogens with zero attached hydrogens (tertiary/aromatic N) is 2. The molecule has 0 radical (unpaired) electrons. The molecule has 0 saturated heterocycles. The molecule has 0 aromatic heterocycles. The number of rotatable bonds is 8. The summed E-state index contributed by atoms with van der Waals surface area (Å²) in [6.07, 6.45) is 0.140. The average Bonchev–Trinajstić information content (AvgIpc) is 2.65. The van der Waals surface area contributed by atoms with Crippen molar-refractivity contribution in [3.05, 3.63) is 64.0 Å². The third kappa shape index (κ3) is 5.24. The van der Waals surface area contributed by atoms with E-state index < -0.39 is 4.92 Å². The Hall–Kier alpha value is -3.00. The van der Waals surface area contributed by atoms with E-state index >= 15 is 0 Å². The number of nitro benzene ring substituents is 1. The predicted octanol–water partition coefficient (Wildman–Crippen LogP) is 3.76. The standard InChI is InChI=1S/C19H22FN3O4/c1-13(15-6-4-5-7-16(15)20)22(2)11-10-19(24)21-17-12-14(23(25)26)8-9-18(17)27-3/h4-9,12-13H,10-11H2,1-3H3,(H,21,24). The highest BCUT2D eigenvalue weighted by Gasteiger charge is 2.17. The van der Waals surface area contributed by atoms with Crippen LogP contribution in [-0.2, 0) is 4.79 Å². The molecule has 1 amide bonds. The van der Waals surface area contributed by atoms with Crippen molar-refractivity contribution in [2.45, 2.75) is 19.4 Å². The molecule has 0 saturated carbocycles. The van der Waals surface area contributed by atoms with Gasteiger partial charge in [0.15, 0.2) is 0 Å². The number of amides is 1. The van der Waals surface area contributed by atoms with Gasteiger partial charge in [0.1, 0.15) is 11.6 Å². The fourth-order valence-corrected chi connectivity index (χ4v) is 2.64. The number of benzene rings is 2. The van der Waals surface area contributed by atoms with E-state index in [9.17, 15) is 19.3 Å². The number of halogens is 1. The van der Waals surface area contributed by atoms with Crippen molar-refractivity contribution >= 4 is 17.3 Å². The molecule has 8 heteroatoms. The van der Waals surface area contributed by atoms with Crippen LogP contribution in [0.15, 0.2) is 42.5 Å². The van der Waals surface area contributed by atoms with E-state index in [1.54, 1.807) is 25.2 Å². The van der Waals surface area contributed by atoms with Gasteiger partial charge < -0.3 is 10.1 Å². The Morgan fingerprint density at radius 1 is 1.33 bits per heavy atom. The number of ether oxygens (including phenoxy) is 1. The van der Waals surface area contributed by atoms with Crippen molar-refractivity contribution < 1.29 is 18.8 Å². The summed E-state index contributed by atoms with van der Waals surface area (Å²) in [5.74, 6) is -0.272. The summed E-state index contributed by atoms with van der Waals surface area (Å²) in [6.45, 7) is 2.25. The van der Waals surface area contributed by atoms with Crippen LogP contribution in [0.25, 0.3) is 0 Å². The Bertz CT molecular complexity index is 828. The molecule has 2 aromatic rings. The van der Waals surface area contributed by atoms with Gasteiger partial charge in [-0.05, 0) is 26.1 Å². The average molecular weight is 375 g/mol. The lowest BCUT2D eigenvalue weighted by atomic mass is 10.1. The van der Waals surface area contributed by atoms with Gasteiger partial charge in [-0.15, -0.1) is 0 Å². The van der Waals surface area contributed by atoms with Gasteiger partial charge in [0.25, 0.3) is 5.69 Å². The van der Waals surface area contributed by atoms with E-state index in [2.05, 4.69) is 5.32 Å². The second-order valence-electron chi connectivity index (χ2n) is 6.12. The molecule has 2 aromatic carbocycles. The van der Waals surface area contributed by atoms with E-state index in [1.807, 2.05) is 11.8 Å². The largest absolute Gasteiger partial charge is 0.495 e. The lowest BCUT2D eigenvalue weighted by molar-refractivity contribution is -0.384. The summed E-state index contributed by atoms with van der Waals surface area (Å²) in [7, 11) is 3.22. The minimum atomic E-state index is -0.543. The molecule has 2 rings (SSSR count). The second-order valence-corrected chi connectivity index (χ2v) is 6.12. The molecule has 7 nitrogen and oxygen atoms in total. The SMILES string of the molecule is COc1ccc([N+](=O)[O-])cc1NC(=O)CCN(C)C(C)c1ccccc1F. The number of carbonyl (C=O) groups excluding carboxylic acids is 1. The summed E-state index contributed by atoms with van der Waals surface area (Å²) < 4.78 is 19.0. The molecule has 1 N–H and O–H groups in total. The van der Waals surface area contributed by atoms with Crippen LogP contribution in [0.4, 0.5) is 15.8 Å². The first-order valence-corrected chi connectivity index (χ1v) is 8.40. The Morgan fingerprint density at radius 3 is 2.67 bits per heavy atom. The molecule has 27 heavy (non-hydrogen) atoms. The summed E-state index contributed by atoms with van der Waals surface area (Å²) in [4.78, 5) is 24.5. The summed E-state index contributed by atoms with van der Waals surface area (Å²) in [6, 6.07) is 10.3. The Morgan fingerprint density at radius 2 is 2.04 bits per heavy atom. The Labute approximate surface area is 156 Å². The molecule has 0 spiro atoms. The van der Waals surface area contributed by atoms with Gasteiger partial charge >= 0.3 is 0 Å². The molecule has 1 atom stereocenters. The summed E-state index contributed by atoms with van der Waals surface area (Å²) >= 11 is 0. The van der Waals surface area contributed by atoms with Crippen LogP contribution in [0, 0.1) is 15.9 Å². The molecule has 1 unspecified atom stereocenters. The van der Waals surface area contributed by atoms with Crippen molar-refractivity contribution in [2.75, 3.05) is 26.0 Å². The van der Waals surface area contributed by atoms with Crippen LogP contribution in [0.1, 0.15) is 24.9 Å². The van der Waals surface area contributed by atoms with Crippen LogP contribution >= 0.6 is 0 Å². The summed E-state index contributed by atoms with van der Waals surface area (Å²) in [5, 5.41) is 13.5. The molecule has 0 heterocycles. The van der Waals surface area contributed by atoms with Crippen molar-refractivity contribution in [1.82, 2.24) is 4.90 Å².